The molecule has 0 atom stereocenters. The Labute approximate surface area is 166 Å². The Morgan fingerprint density at radius 1 is 1.16 bits per heavy atom. The minimum Gasteiger partial charge on any atom is -0.450 e. The Kier molecular flexibility index (Phi) is 9.91. The lowest BCUT2D eigenvalue weighted by atomic mass is 10.3. The molecular weight excluding hydrogens is 437 g/mol. The minimum absolute atomic E-state index is 0. The number of piperazine rings is 1. The molecule has 1 aliphatic heterocycles. The van der Waals surface area contributed by atoms with Crippen LogP contribution >= 0.6 is 24.0 Å². The highest BCUT2D eigenvalue weighted by Crippen LogP contribution is 2.18. The van der Waals surface area contributed by atoms with E-state index >= 15 is 0 Å². The lowest BCUT2D eigenvalue weighted by Gasteiger charge is -2.35. The van der Waals surface area contributed by atoms with E-state index in [0.717, 1.165) is 38.3 Å². The van der Waals surface area contributed by atoms with E-state index in [1.165, 1.54) is 0 Å². The molecule has 1 saturated heterocycles. The number of nitrogens with one attached hydrogen (secondary N) is 2. The summed E-state index contributed by atoms with van der Waals surface area (Å²) in [5, 5.41) is 6.28. The fraction of sp³-hybridized carbons (Fsp3) is 0.812. The molecule has 1 saturated carbocycles. The summed E-state index contributed by atoms with van der Waals surface area (Å²) in [5.41, 5.74) is 0. The molecule has 144 valence electrons. The van der Waals surface area contributed by atoms with Crippen LogP contribution in [0.5, 0.6) is 0 Å². The Hall–Kier alpha value is -1.26. The van der Waals surface area contributed by atoms with Crippen LogP contribution in [0.25, 0.3) is 0 Å². The summed E-state index contributed by atoms with van der Waals surface area (Å²) in [7, 11) is 1.75. The van der Waals surface area contributed by atoms with Crippen molar-refractivity contribution in [2.45, 2.75) is 38.6 Å². The third-order valence-corrected chi connectivity index (χ3v) is 4.12. The van der Waals surface area contributed by atoms with Gasteiger partial charge in [-0.15, -0.1) is 24.0 Å². The van der Waals surface area contributed by atoms with Gasteiger partial charge in [-0.2, -0.15) is 0 Å². The van der Waals surface area contributed by atoms with Crippen molar-refractivity contribution in [2.75, 3.05) is 46.4 Å². The van der Waals surface area contributed by atoms with Gasteiger partial charge in [0, 0.05) is 52.2 Å². The molecule has 0 aromatic heterocycles. The van der Waals surface area contributed by atoms with Gasteiger partial charge in [-0.3, -0.25) is 9.79 Å². The number of nitrogens with zero attached hydrogens (tertiary/aromatic N) is 3. The van der Waals surface area contributed by atoms with Gasteiger partial charge in [-0.1, -0.05) is 0 Å². The first kappa shape index (κ1) is 21.8. The number of guanidine groups is 1. The molecule has 9 heteroatoms. The summed E-state index contributed by atoms with van der Waals surface area (Å²) in [6.07, 6.45) is 3.31. The lowest BCUT2D eigenvalue weighted by molar-refractivity contribution is -0.121. The molecule has 1 heterocycles. The van der Waals surface area contributed by atoms with Crippen LogP contribution < -0.4 is 10.6 Å². The van der Waals surface area contributed by atoms with Crippen molar-refractivity contribution >= 4 is 41.9 Å². The van der Waals surface area contributed by atoms with Gasteiger partial charge in [0.1, 0.15) is 0 Å². The molecule has 25 heavy (non-hydrogen) atoms. The molecule has 0 spiro atoms. The standard InChI is InChI=1S/C16H29N5O3.HI/c1-3-24-16(23)21-11-9-20(10-12-21)15(17-2)18-8-4-5-14(22)19-13-6-7-13;/h13H,3-12H2,1-2H3,(H,17,18)(H,19,22);1H. The number of hydrogen-bond donors (Lipinski definition) is 2. The van der Waals surface area contributed by atoms with Crippen molar-refractivity contribution in [2.24, 2.45) is 4.99 Å². The molecule has 2 N–H and O–H groups in total. The quantitative estimate of drug-likeness (QED) is 0.264. The van der Waals surface area contributed by atoms with E-state index in [2.05, 4.69) is 20.5 Å². The molecule has 0 radical (unpaired) electrons. The number of rotatable bonds is 6. The van der Waals surface area contributed by atoms with Gasteiger partial charge in [-0.05, 0) is 26.2 Å². The van der Waals surface area contributed by atoms with Crippen molar-refractivity contribution < 1.29 is 14.3 Å². The first-order valence-corrected chi connectivity index (χ1v) is 8.80. The molecule has 0 bridgehead atoms. The van der Waals surface area contributed by atoms with Crippen molar-refractivity contribution in [3.8, 4) is 0 Å². The zero-order valence-corrected chi connectivity index (χ0v) is 17.5. The Morgan fingerprint density at radius 3 is 2.36 bits per heavy atom. The second kappa shape index (κ2) is 11.4. The van der Waals surface area contributed by atoms with Crippen LogP contribution in [0, 0.1) is 0 Å². The van der Waals surface area contributed by atoms with Crippen molar-refractivity contribution in [3.63, 3.8) is 0 Å². The Bertz CT molecular complexity index is 463. The molecule has 1 aliphatic carbocycles. The topological polar surface area (TPSA) is 86.3 Å². The second-order valence-electron chi connectivity index (χ2n) is 6.09. The summed E-state index contributed by atoms with van der Waals surface area (Å²) in [5.74, 6) is 0.957. The van der Waals surface area contributed by atoms with Gasteiger partial charge in [-0.25, -0.2) is 4.79 Å². The first-order chi connectivity index (χ1) is 11.6. The second-order valence-corrected chi connectivity index (χ2v) is 6.09. The maximum absolute atomic E-state index is 11.7. The van der Waals surface area contributed by atoms with Gasteiger partial charge < -0.3 is 25.2 Å². The van der Waals surface area contributed by atoms with Crippen LogP contribution in [0.3, 0.4) is 0 Å². The van der Waals surface area contributed by atoms with Crippen LogP contribution in [0.4, 0.5) is 4.79 Å². The fourth-order valence-electron chi connectivity index (χ4n) is 2.62. The van der Waals surface area contributed by atoms with Crippen LogP contribution in [0.15, 0.2) is 4.99 Å². The van der Waals surface area contributed by atoms with Gasteiger partial charge in [0.05, 0.1) is 6.61 Å². The smallest absolute Gasteiger partial charge is 0.409 e. The van der Waals surface area contributed by atoms with Gasteiger partial charge >= 0.3 is 6.09 Å². The molecule has 2 aliphatic rings. The highest BCUT2D eigenvalue weighted by molar-refractivity contribution is 14.0. The molecule has 2 amide bonds. The van der Waals surface area contributed by atoms with E-state index in [9.17, 15) is 9.59 Å². The summed E-state index contributed by atoms with van der Waals surface area (Å²) < 4.78 is 5.02. The van der Waals surface area contributed by atoms with Crippen LogP contribution in [0.2, 0.25) is 0 Å². The molecule has 0 aromatic rings. The predicted molar refractivity (Wildman–Crippen MR) is 107 cm³/mol. The highest BCUT2D eigenvalue weighted by atomic mass is 127. The largest absolute Gasteiger partial charge is 0.450 e. The molecule has 0 unspecified atom stereocenters. The van der Waals surface area contributed by atoms with Crippen molar-refractivity contribution in [3.05, 3.63) is 0 Å². The van der Waals surface area contributed by atoms with E-state index in [1.807, 2.05) is 6.92 Å². The van der Waals surface area contributed by atoms with Gasteiger partial charge in [0.25, 0.3) is 0 Å². The van der Waals surface area contributed by atoms with Crippen LogP contribution in [-0.4, -0.2) is 80.2 Å². The van der Waals surface area contributed by atoms with Gasteiger partial charge in [0.15, 0.2) is 5.96 Å². The molecule has 2 rings (SSSR count). The SMILES string of the molecule is CCOC(=O)N1CCN(C(=NC)NCCCC(=O)NC2CC2)CC1.I. The maximum atomic E-state index is 11.7. The van der Waals surface area contributed by atoms with E-state index < -0.39 is 0 Å². The third-order valence-electron chi connectivity index (χ3n) is 4.12. The summed E-state index contributed by atoms with van der Waals surface area (Å²) >= 11 is 0. The van der Waals surface area contributed by atoms with Gasteiger partial charge in [0.2, 0.25) is 5.91 Å². The monoisotopic (exact) mass is 467 g/mol. The third kappa shape index (κ3) is 7.66. The maximum Gasteiger partial charge on any atom is 0.409 e. The van der Waals surface area contributed by atoms with Crippen molar-refractivity contribution in [1.29, 1.82) is 0 Å². The average molecular weight is 467 g/mol. The fourth-order valence-corrected chi connectivity index (χ4v) is 2.62. The van der Waals surface area contributed by atoms with E-state index in [0.29, 0.717) is 38.7 Å². The highest BCUT2D eigenvalue weighted by Gasteiger charge is 2.24. The number of aliphatic imine (C=N–C) groups is 1. The molecule has 8 nitrogen and oxygen atoms in total. The lowest BCUT2D eigenvalue weighted by Crippen LogP contribution is -2.54. The average Bonchev–Trinajstić information content (AvgIpc) is 3.39. The minimum atomic E-state index is -0.248. The zero-order valence-electron chi connectivity index (χ0n) is 15.1. The number of ether oxygens (including phenoxy) is 1. The number of amides is 2. The zero-order chi connectivity index (χ0) is 17.4. The van der Waals surface area contributed by atoms with Crippen LogP contribution in [0.1, 0.15) is 32.6 Å². The number of hydrogen-bond acceptors (Lipinski definition) is 4. The normalized spacial score (nSPS) is 17.6. The van der Waals surface area contributed by atoms with E-state index in [1.54, 1.807) is 11.9 Å². The molecule has 0 aromatic carbocycles. The predicted octanol–water partition coefficient (Wildman–Crippen LogP) is 1.01. The first-order valence-electron chi connectivity index (χ1n) is 8.80. The molecule has 2 fully saturated rings. The number of carbonyl (C=O) groups excluding carboxylic acids is 2. The van der Waals surface area contributed by atoms with Crippen LogP contribution in [-0.2, 0) is 9.53 Å². The Balaban J connectivity index is 0.00000312. The Morgan fingerprint density at radius 2 is 1.80 bits per heavy atom. The van der Waals surface area contributed by atoms with E-state index in [4.69, 9.17) is 4.74 Å². The summed E-state index contributed by atoms with van der Waals surface area (Å²) in [6, 6.07) is 0.425. The number of carbonyl (C=O) groups is 2. The molecular formula is C16H30IN5O3. The summed E-state index contributed by atoms with van der Waals surface area (Å²) in [6.45, 7) is 5.62. The van der Waals surface area contributed by atoms with E-state index in [-0.39, 0.29) is 36.0 Å². The summed E-state index contributed by atoms with van der Waals surface area (Å²) in [4.78, 5) is 31.5. The number of halogens is 1. The van der Waals surface area contributed by atoms with Crippen molar-refractivity contribution in [1.82, 2.24) is 20.4 Å².